The van der Waals surface area contributed by atoms with Gasteiger partial charge in [0.25, 0.3) is 0 Å². The second-order valence-corrected chi connectivity index (χ2v) is 8.10. The molecule has 1 aromatic rings. The molecular weight excluding hydrogens is 340 g/mol. The number of hydrogen-bond acceptors (Lipinski definition) is 4. The average molecular weight is 377 g/mol. The fourth-order valence-corrected chi connectivity index (χ4v) is 4.21. The Balaban J connectivity index is 1.38. The minimum absolute atomic E-state index is 0.112. The summed E-state index contributed by atoms with van der Waals surface area (Å²) < 4.78 is 1.96. The third-order valence-electron chi connectivity index (χ3n) is 5.98. The zero-order valence-corrected chi connectivity index (χ0v) is 17.0. The smallest absolute Gasteiger partial charge is 0.317 e. The Labute approximate surface area is 163 Å². The molecular formula is C20H36N6O. The third-order valence-corrected chi connectivity index (χ3v) is 5.98. The number of nitrogens with one attached hydrogen (secondary N) is 1. The molecule has 1 N–H and O–H groups in total. The van der Waals surface area contributed by atoms with Crippen LogP contribution in [0.4, 0.5) is 4.79 Å². The molecule has 27 heavy (non-hydrogen) atoms. The highest BCUT2D eigenvalue weighted by molar-refractivity contribution is 5.74. The van der Waals surface area contributed by atoms with E-state index in [1.807, 2.05) is 23.1 Å². The van der Waals surface area contributed by atoms with Crippen molar-refractivity contribution in [3.05, 3.63) is 18.5 Å². The summed E-state index contributed by atoms with van der Waals surface area (Å²) in [5.41, 5.74) is 0. The van der Waals surface area contributed by atoms with E-state index in [1.165, 1.54) is 6.42 Å². The fourth-order valence-electron chi connectivity index (χ4n) is 4.21. The highest BCUT2D eigenvalue weighted by Gasteiger charge is 2.26. The van der Waals surface area contributed by atoms with Gasteiger partial charge in [-0.05, 0) is 45.6 Å². The van der Waals surface area contributed by atoms with Crippen LogP contribution in [0.15, 0.2) is 18.5 Å². The number of carbonyl (C=O) groups is 1. The summed E-state index contributed by atoms with van der Waals surface area (Å²) >= 11 is 0. The fraction of sp³-hybridized carbons (Fsp3) is 0.800. The minimum atomic E-state index is 0.112. The van der Waals surface area contributed by atoms with Crippen molar-refractivity contribution in [2.75, 3.05) is 45.8 Å². The van der Waals surface area contributed by atoms with Crippen molar-refractivity contribution < 1.29 is 4.79 Å². The van der Waals surface area contributed by atoms with Crippen LogP contribution >= 0.6 is 0 Å². The average Bonchev–Trinajstić information content (AvgIpc) is 3.20. The number of piperidine rings is 1. The number of carbonyl (C=O) groups excluding carboxylic acids is 1. The summed E-state index contributed by atoms with van der Waals surface area (Å²) in [5.74, 6) is 0. The number of aryl methyl sites for hydroxylation is 1. The molecule has 0 unspecified atom stereocenters. The zero-order chi connectivity index (χ0) is 19.1. The van der Waals surface area contributed by atoms with Gasteiger partial charge in [0.05, 0.1) is 0 Å². The summed E-state index contributed by atoms with van der Waals surface area (Å²) in [6.45, 7) is 12.4. The van der Waals surface area contributed by atoms with Gasteiger partial charge >= 0.3 is 6.03 Å². The molecule has 7 nitrogen and oxygen atoms in total. The second kappa shape index (κ2) is 10.1. The lowest BCUT2D eigenvalue weighted by atomic mass is 10.00. The van der Waals surface area contributed by atoms with E-state index < -0.39 is 0 Å². The first-order valence-corrected chi connectivity index (χ1v) is 10.6. The lowest BCUT2D eigenvalue weighted by molar-refractivity contribution is 0.107. The molecule has 0 spiro atoms. The highest BCUT2D eigenvalue weighted by atomic mass is 16.2. The molecule has 2 aliphatic rings. The molecule has 0 aromatic carbocycles. The number of nitrogens with zero attached hydrogens (tertiary/aromatic N) is 5. The van der Waals surface area contributed by atoms with Gasteiger partial charge in [0.15, 0.2) is 0 Å². The van der Waals surface area contributed by atoms with E-state index in [4.69, 9.17) is 0 Å². The zero-order valence-electron chi connectivity index (χ0n) is 17.0. The van der Waals surface area contributed by atoms with Gasteiger partial charge in [0.2, 0.25) is 0 Å². The first-order valence-electron chi connectivity index (χ1n) is 10.6. The van der Waals surface area contributed by atoms with E-state index in [2.05, 4.69) is 39.0 Å². The highest BCUT2D eigenvalue weighted by Crippen LogP contribution is 2.20. The van der Waals surface area contributed by atoms with Crippen molar-refractivity contribution in [1.82, 2.24) is 29.8 Å². The Bertz CT molecular complexity index is 553. The van der Waals surface area contributed by atoms with Gasteiger partial charge in [-0.15, -0.1) is 0 Å². The monoisotopic (exact) mass is 376 g/mol. The van der Waals surface area contributed by atoms with E-state index in [9.17, 15) is 4.79 Å². The number of hydrogen-bond donors (Lipinski definition) is 1. The van der Waals surface area contributed by atoms with Crippen LogP contribution in [0.1, 0.15) is 39.5 Å². The molecule has 0 aliphatic carbocycles. The van der Waals surface area contributed by atoms with Gasteiger partial charge in [-0.2, -0.15) is 5.10 Å². The first kappa shape index (κ1) is 20.1. The maximum atomic E-state index is 12.7. The van der Waals surface area contributed by atoms with Crippen LogP contribution in [0.5, 0.6) is 0 Å². The van der Waals surface area contributed by atoms with E-state index >= 15 is 0 Å². The third kappa shape index (κ3) is 5.94. The number of likely N-dealkylation sites (tertiary alicyclic amines) is 1. The molecule has 3 heterocycles. The Morgan fingerprint density at radius 2 is 1.96 bits per heavy atom. The maximum absolute atomic E-state index is 12.7. The summed E-state index contributed by atoms with van der Waals surface area (Å²) in [5, 5.41) is 7.44. The lowest BCUT2D eigenvalue weighted by Gasteiger charge is -2.38. The van der Waals surface area contributed by atoms with E-state index in [1.54, 1.807) is 0 Å². The molecule has 2 fully saturated rings. The molecule has 7 heteroatoms. The number of amides is 2. The van der Waals surface area contributed by atoms with E-state index in [0.717, 1.165) is 71.6 Å². The molecule has 0 saturated carbocycles. The second-order valence-electron chi connectivity index (χ2n) is 8.10. The van der Waals surface area contributed by atoms with Gasteiger partial charge in [0.1, 0.15) is 0 Å². The SMILES string of the molecule is CC(C)N1CCN(CCNC(=O)N2CCCC[C@@H]2CCn2cccn2)CC1. The summed E-state index contributed by atoms with van der Waals surface area (Å²) in [6, 6.07) is 3.02. The molecule has 152 valence electrons. The van der Waals surface area contributed by atoms with Crippen LogP contribution in [0, 0.1) is 0 Å². The van der Waals surface area contributed by atoms with Crippen LogP contribution in [0.3, 0.4) is 0 Å². The van der Waals surface area contributed by atoms with Crippen molar-refractivity contribution >= 4 is 6.03 Å². The number of aromatic nitrogens is 2. The molecule has 0 bridgehead atoms. The van der Waals surface area contributed by atoms with Gasteiger partial charge in [0, 0.05) is 76.8 Å². The van der Waals surface area contributed by atoms with Gasteiger partial charge in [-0.3, -0.25) is 14.5 Å². The lowest BCUT2D eigenvalue weighted by Crippen LogP contribution is -2.52. The summed E-state index contributed by atoms with van der Waals surface area (Å²) in [4.78, 5) is 19.8. The van der Waals surface area contributed by atoms with Gasteiger partial charge in [-0.25, -0.2) is 4.79 Å². The normalized spacial score (nSPS) is 22.3. The van der Waals surface area contributed by atoms with Crippen molar-refractivity contribution in [2.45, 2.75) is 58.2 Å². The number of piperazine rings is 1. The van der Waals surface area contributed by atoms with Crippen LogP contribution in [0.2, 0.25) is 0 Å². The topological polar surface area (TPSA) is 56.6 Å². The molecule has 2 saturated heterocycles. The van der Waals surface area contributed by atoms with E-state index in [0.29, 0.717) is 12.1 Å². The molecule has 1 aromatic heterocycles. The van der Waals surface area contributed by atoms with Crippen LogP contribution < -0.4 is 5.32 Å². The summed E-state index contributed by atoms with van der Waals surface area (Å²) in [6.07, 6.45) is 8.22. The predicted molar refractivity (Wildman–Crippen MR) is 108 cm³/mol. The predicted octanol–water partition coefficient (Wildman–Crippen LogP) is 1.86. The Hall–Kier alpha value is -1.60. The molecule has 2 amide bonds. The van der Waals surface area contributed by atoms with E-state index in [-0.39, 0.29) is 6.03 Å². The summed E-state index contributed by atoms with van der Waals surface area (Å²) in [7, 11) is 0. The molecule has 2 aliphatic heterocycles. The molecule has 1 atom stereocenters. The number of urea groups is 1. The first-order chi connectivity index (χ1) is 13.1. The van der Waals surface area contributed by atoms with Crippen LogP contribution in [-0.4, -0.2) is 88.4 Å². The van der Waals surface area contributed by atoms with Gasteiger partial charge < -0.3 is 10.2 Å². The van der Waals surface area contributed by atoms with Crippen LogP contribution in [0.25, 0.3) is 0 Å². The van der Waals surface area contributed by atoms with Crippen molar-refractivity contribution in [3.8, 4) is 0 Å². The minimum Gasteiger partial charge on any atom is -0.337 e. The Morgan fingerprint density at radius 1 is 1.15 bits per heavy atom. The van der Waals surface area contributed by atoms with Crippen molar-refractivity contribution in [3.63, 3.8) is 0 Å². The quantitative estimate of drug-likeness (QED) is 0.789. The number of rotatable bonds is 7. The standard InChI is InChI=1S/C20H36N6O/c1-18(2)24-16-14-23(15-17-24)13-9-21-20(27)26-11-4-3-6-19(26)7-12-25-10-5-8-22-25/h5,8,10,18-19H,3-4,6-7,9,11-17H2,1-2H3,(H,21,27)/t19-/m1/s1. The van der Waals surface area contributed by atoms with Crippen molar-refractivity contribution in [1.29, 1.82) is 0 Å². The largest absolute Gasteiger partial charge is 0.337 e. The maximum Gasteiger partial charge on any atom is 0.317 e. The Kier molecular flexibility index (Phi) is 7.52. The Morgan fingerprint density at radius 3 is 2.67 bits per heavy atom. The van der Waals surface area contributed by atoms with Crippen LogP contribution in [-0.2, 0) is 6.54 Å². The molecule has 3 rings (SSSR count). The van der Waals surface area contributed by atoms with Gasteiger partial charge in [-0.1, -0.05) is 0 Å². The molecule has 0 radical (unpaired) electrons. The van der Waals surface area contributed by atoms with Crippen molar-refractivity contribution in [2.24, 2.45) is 0 Å².